The van der Waals surface area contributed by atoms with Gasteiger partial charge in [0, 0.05) is 5.92 Å². The third-order valence-corrected chi connectivity index (χ3v) is 4.50. The Kier molecular flexibility index (Phi) is 4.98. The van der Waals surface area contributed by atoms with Crippen molar-refractivity contribution in [1.29, 1.82) is 0 Å². The van der Waals surface area contributed by atoms with Crippen molar-refractivity contribution in [3.8, 4) is 0 Å². The van der Waals surface area contributed by atoms with Crippen LogP contribution in [0.25, 0.3) is 0 Å². The lowest BCUT2D eigenvalue weighted by Gasteiger charge is -2.12. The van der Waals surface area contributed by atoms with Gasteiger partial charge in [0.15, 0.2) is 6.10 Å². The van der Waals surface area contributed by atoms with Crippen molar-refractivity contribution in [2.45, 2.75) is 31.8 Å². The number of esters is 1. The minimum Gasteiger partial charge on any atom is -0.511 e. The van der Waals surface area contributed by atoms with E-state index in [1.54, 1.807) is 6.92 Å². The zero-order valence-electron chi connectivity index (χ0n) is 14.0. The van der Waals surface area contributed by atoms with Gasteiger partial charge in [0.05, 0.1) is 0 Å². The molecule has 0 spiro atoms. The molecule has 0 saturated carbocycles. The van der Waals surface area contributed by atoms with E-state index in [1.165, 1.54) is 0 Å². The first kappa shape index (κ1) is 17.0. The maximum absolute atomic E-state index is 12.6. The molecule has 25 heavy (non-hydrogen) atoms. The lowest BCUT2D eigenvalue weighted by atomic mass is 9.93. The predicted octanol–water partition coefficient (Wildman–Crippen LogP) is 3.73. The van der Waals surface area contributed by atoms with E-state index in [4.69, 9.17) is 4.74 Å². The summed E-state index contributed by atoms with van der Waals surface area (Å²) in [6.07, 6.45) is 0.213. The van der Waals surface area contributed by atoms with Crippen LogP contribution in [0.1, 0.15) is 30.4 Å². The summed E-state index contributed by atoms with van der Waals surface area (Å²) in [6, 6.07) is 19.0. The molecule has 2 aromatic rings. The van der Waals surface area contributed by atoms with Gasteiger partial charge in [-0.05, 0) is 24.0 Å². The number of hydrogen-bond donors (Lipinski definition) is 1. The van der Waals surface area contributed by atoms with Gasteiger partial charge in [-0.3, -0.25) is 4.79 Å². The van der Waals surface area contributed by atoms with E-state index in [-0.39, 0.29) is 11.3 Å². The topological polar surface area (TPSA) is 63.6 Å². The van der Waals surface area contributed by atoms with Gasteiger partial charge in [-0.25, -0.2) is 4.79 Å². The van der Waals surface area contributed by atoms with Gasteiger partial charge in [-0.15, -0.1) is 0 Å². The van der Waals surface area contributed by atoms with E-state index in [0.29, 0.717) is 12.8 Å². The Balaban J connectivity index is 1.76. The fourth-order valence-corrected chi connectivity index (χ4v) is 2.98. The van der Waals surface area contributed by atoms with Gasteiger partial charge in [0.25, 0.3) is 0 Å². The van der Waals surface area contributed by atoms with Crippen LogP contribution in [0, 0.1) is 0 Å². The minimum absolute atomic E-state index is 0.214. The van der Waals surface area contributed by atoms with Crippen LogP contribution < -0.4 is 0 Å². The summed E-state index contributed by atoms with van der Waals surface area (Å²) in [6.45, 7) is 1.76. The Morgan fingerprint density at radius 3 is 2.28 bits per heavy atom. The summed E-state index contributed by atoms with van der Waals surface area (Å²) in [5.41, 5.74) is 1.70. The van der Waals surface area contributed by atoms with Crippen LogP contribution in [0.2, 0.25) is 0 Å². The van der Waals surface area contributed by atoms with Crippen molar-refractivity contribution in [3.05, 3.63) is 83.1 Å². The molecule has 0 amide bonds. The van der Waals surface area contributed by atoms with Gasteiger partial charge in [-0.2, -0.15) is 0 Å². The second-order valence-electron chi connectivity index (χ2n) is 6.18. The number of ether oxygens (including phenoxy) is 1. The molecule has 4 heteroatoms. The highest BCUT2D eigenvalue weighted by atomic mass is 16.6. The molecule has 0 aliphatic carbocycles. The van der Waals surface area contributed by atoms with Gasteiger partial charge in [-0.1, -0.05) is 67.6 Å². The Morgan fingerprint density at radius 1 is 1.04 bits per heavy atom. The molecule has 1 aliphatic heterocycles. The van der Waals surface area contributed by atoms with Crippen LogP contribution in [0.5, 0.6) is 0 Å². The highest BCUT2D eigenvalue weighted by molar-refractivity contribution is 6.23. The summed E-state index contributed by atoms with van der Waals surface area (Å²) >= 11 is 0. The third-order valence-electron chi connectivity index (χ3n) is 4.50. The molecule has 2 aromatic carbocycles. The smallest absolute Gasteiger partial charge is 0.346 e. The number of carbonyl (C=O) groups excluding carboxylic acids is 2. The number of Topliss-reactive ketones (excluding diaryl/α,β-unsaturated/α-hetero) is 1. The van der Waals surface area contributed by atoms with Crippen LogP contribution in [0.15, 0.2) is 72.0 Å². The maximum atomic E-state index is 12.6. The Bertz CT molecular complexity index is 793. The number of benzene rings is 2. The van der Waals surface area contributed by atoms with E-state index < -0.39 is 23.8 Å². The van der Waals surface area contributed by atoms with Crippen LogP contribution in [-0.2, 0) is 20.7 Å². The van der Waals surface area contributed by atoms with Crippen LogP contribution >= 0.6 is 0 Å². The molecule has 3 rings (SSSR count). The van der Waals surface area contributed by atoms with E-state index >= 15 is 0 Å². The molecule has 1 aliphatic rings. The Morgan fingerprint density at radius 2 is 1.64 bits per heavy atom. The number of aliphatic hydroxyl groups excluding tert-OH is 1. The van der Waals surface area contributed by atoms with Gasteiger partial charge < -0.3 is 9.84 Å². The summed E-state index contributed by atoms with van der Waals surface area (Å²) in [7, 11) is 0. The largest absolute Gasteiger partial charge is 0.511 e. The fraction of sp³-hybridized carbons (Fsp3) is 0.238. The first-order valence-corrected chi connectivity index (χ1v) is 8.35. The number of ketones is 1. The molecule has 1 fully saturated rings. The second-order valence-corrected chi connectivity index (χ2v) is 6.18. The molecular weight excluding hydrogens is 316 g/mol. The number of hydrogen-bond acceptors (Lipinski definition) is 4. The van der Waals surface area contributed by atoms with E-state index in [0.717, 1.165) is 11.1 Å². The maximum Gasteiger partial charge on any atom is 0.346 e. The average Bonchev–Trinajstić information content (AvgIpc) is 2.94. The van der Waals surface area contributed by atoms with Crippen molar-refractivity contribution < 1.29 is 19.4 Å². The highest BCUT2D eigenvalue weighted by Gasteiger charge is 2.41. The standard InChI is InChI=1S/C21H20O4/c1-14(16-10-6-3-7-11-16)19(22)18-20(23)17(25-21(18)24)13-12-15-8-4-2-5-9-15/h2-11,14,17,22H,12-13H2,1H3. The van der Waals surface area contributed by atoms with Gasteiger partial charge in [0.1, 0.15) is 11.3 Å². The molecule has 0 radical (unpaired) electrons. The number of aliphatic hydroxyl groups is 1. The number of allylic oxidation sites excluding steroid dienone is 1. The molecule has 0 aromatic heterocycles. The fourth-order valence-electron chi connectivity index (χ4n) is 2.98. The number of aryl methyl sites for hydroxylation is 1. The molecular formula is C21H20O4. The number of cyclic esters (lactones) is 1. The van der Waals surface area contributed by atoms with Gasteiger partial charge >= 0.3 is 5.97 Å². The molecule has 4 nitrogen and oxygen atoms in total. The van der Waals surface area contributed by atoms with E-state index in [2.05, 4.69) is 0 Å². The van der Waals surface area contributed by atoms with Crippen molar-refractivity contribution in [2.75, 3.05) is 0 Å². The average molecular weight is 336 g/mol. The molecule has 128 valence electrons. The highest BCUT2D eigenvalue weighted by Crippen LogP contribution is 2.30. The lowest BCUT2D eigenvalue weighted by Crippen LogP contribution is -2.18. The molecule has 0 bridgehead atoms. The lowest BCUT2D eigenvalue weighted by molar-refractivity contribution is -0.141. The molecule has 1 N–H and O–H groups in total. The summed E-state index contributed by atoms with van der Waals surface area (Å²) in [4.78, 5) is 24.7. The van der Waals surface area contributed by atoms with Crippen LogP contribution in [0.3, 0.4) is 0 Å². The second kappa shape index (κ2) is 7.34. The zero-order chi connectivity index (χ0) is 17.8. The van der Waals surface area contributed by atoms with Gasteiger partial charge in [0.2, 0.25) is 5.78 Å². The van der Waals surface area contributed by atoms with E-state index in [9.17, 15) is 14.7 Å². The third kappa shape index (κ3) is 3.63. The first-order chi connectivity index (χ1) is 12.1. The zero-order valence-corrected chi connectivity index (χ0v) is 14.0. The normalized spacial score (nSPS) is 20.3. The monoisotopic (exact) mass is 336 g/mol. The van der Waals surface area contributed by atoms with E-state index in [1.807, 2.05) is 60.7 Å². The van der Waals surface area contributed by atoms with Crippen LogP contribution in [0.4, 0.5) is 0 Å². The predicted molar refractivity (Wildman–Crippen MR) is 94.2 cm³/mol. The van der Waals surface area contributed by atoms with Crippen molar-refractivity contribution in [3.63, 3.8) is 0 Å². The van der Waals surface area contributed by atoms with Crippen molar-refractivity contribution in [1.82, 2.24) is 0 Å². The Labute approximate surface area is 146 Å². The molecule has 2 atom stereocenters. The number of rotatable bonds is 5. The summed E-state index contributed by atoms with van der Waals surface area (Å²) < 4.78 is 5.21. The first-order valence-electron chi connectivity index (χ1n) is 8.35. The van der Waals surface area contributed by atoms with Crippen LogP contribution in [-0.4, -0.2) is 23.0 Å². The van der Waals surface area contributed by atoms with Crippen molar-refractivity contribution >= 4 is 11.8 Å². The van der Waals surface area contributed by atoms with Crippen molar-refractivity contribution in [2.24, 2.45) is 0 Å². The number of carbonyl (C=O) groups is 2. The molecule has 1 saturated heterocycles. The Hall–Kier alpha value is -2.88. The quantitative estimate of drug-likeness (QED) is 0.391. The molecule has 2 unspecified atom stereocenters. The summed E-state index contributed by atoms with van der Waals surface area (Å²) in [5.74, 6) is -1.83. The molecule has 1 heterocycles. The summed E-state index contributed by atoms with van der Waals surface area (Å²) in [5, 5.41) is 10.5. The SMILES string of the molecule is CC(C(O)=C1C(=O)OC(CCc2ccccc2)C1=O)c1ccccc1. The minimum atomic E-state index is -0.826.